The summed E-state index contributed by atoms with van der Waals surface area (Å²) in [7, 11) is 0. The van der Waals surface area contributed by atoms with Gasteiger partial charge in [-0.15, -0.1) is 0 Å². The monoisotopic (exact) mass is 394 g/mol. The lowest BCUT2D eigenvalue weighted by atomic mass is 10.1. The second-order valence-electron chi connectivity index (χ2n) is 6.49. The van der Waals surface area contributed by atoms with Crippen LogP contribution in [-0.2, 0) is 14.3 Å². The van der Waals surface area contributed by atoms with Crippen molar-refractivity contribution in [1.82, 2.24) is 4.90 Å². The minimum absolute atomic E-state index is 0.229. The summed E-state index contributed by atoms with van der Waals surface area (Å²) >= 11 is 0. The summed E-state index contributed by atoms with van der Waals surface area (Å²) in [5.41, 5.74) is 1.28. The molecule has 148 valence electrons. The molecule has 2 aromatic carbocycles. The molecule has 0 bridgehead atoms. The van der Waals surface area contributed by atoms with Gasteiger partial charge in [0.05, 0.1) is 11.1 Å². The first-order chi connectivity index (χ1) is 13.8. The van der Waals surface area contributed by atoms with E-state index >= 15 is 0 Å². The van der Waals surface area contributed by atoms with Gasteiger partial charge in [-0.25, -0.2) is 4.79 Å². The van der Waals surface area contributed by atoms with Crippen LogP contribution in [0.4, 0.5) is 5.69 Å². The first-order valence-corrected chi connectivity index (χ1v) is 8.84. The zero-order chi connectivity index (χ0) is 21.1. The maximum Gasteiger partial charge on any atom is 0.329 e. The van der Waals surface area contributed by atoms with Gasteiger partial charge in [-0.1, -0.05) is 12.1 Å². The molecule has 0 saturated carbocycles. The Balaban J connectivity index is 1.61. The van der Waals surface area contributed by atoms with Gasteiger partial charge in [0.25, 0.3) is 11.8 Å². The Morgan fingerprint density at radius 2 is 1.52 bits per heavy atom. The van der Waals surface area contributed by atoms with Gasteiger partial charge in [-0.3, -0.25) is 24.1 Å². The van der Waals surface area contributed by atoms with E-state index in [2.05, 4.69) is 5.32 Å². The molecule has 1 atom stereocenters. The number of imide groups is 1. The van der Waals surface area contributed by atoms with Crippen LogP contribution in [0.25, 0.3) is 0 Å². The number of rotatable bonds is 6. The molecule has 1 aliphatic rings. The highest BCUT2D eigenvalue weighted by Gasteiger charge is 2.41. The number of carbonyl (C=O) groups is 5. The van der Waals surface area contributed by atoms with Crippen LogP contribution in [-0.4, -0.2) is 47.0 Å². The van der Waals surface area contributed by atoms with Gasteiger partial charge < -0.3 is 10.1 Å². The fourth-order valence-corrected chi connectivity index (χ4v) is 2.95. The molecule has 1 N–H and O–H groups in total. The summed E-state index contributed by atoms with van der Waals surface area (Å²) in [4.78, 5) is 61.2. The molecule has 8 heteroatoms. The van der Waals surface area contributed by atoms with E-state index in [1.165, 1.54) is 38.1 Å². The number of ketones is 1. The Kier molecular flexibility index (Phi) is 5.54. The van der Waals surface area contributed by atoms with Crippen molar-refractivity contribution in [1.29, 1.82) is 0 Å². The molecule has 0 spiro atoms. The number of nitrogens with zero attached hydrogens (tertiary/aromatic N) is 1. The molecule has 0 saturated heterocycles. The average molecular weight is 394 g/mol. The normalized spacial score (nSPS) is 13.7. The van der Waals surface area contributed by atoms with Gasteiger partial charge >= 0.3 is 5.97 Å². The highest BCUT2D eigenvalue weighted by molar-refractivity contribution is 6.22. The summed E-state index contributed by atoms with van der Waals surface area (Å²) in [5, 5.41) is 2.58. The van der Waals surface area contributed by atoms with Crippen molar-refractivity contribution in [3.05, 3.63) is 65.2 Å². The zero-order valence-corrected chi connectivity index (χ0v) is 15.8. The van der Waals surface area contributed by atoms with Crippen molar-refractivity contribution in [3.8, 4) is 0 Å². The molecule has 1 heterocycles. The molecule has 0 aliphatic carbocycles. The van der Waals surface area contributed by atoms with Crippen LogP contribution in [0, 0.1) is 0 Å². The van der Waals surface area contributed by atoms with Gasteiger partial charge in [0.1, 0.15) is 6.04 Å². The van der Waals surface area contributed by atoms with Gasteiger partial charge in [0.2, 0.25) is 5.91 Å². The van der Waals surface area contributed by atoms with Crippen molar-refractivity contribution >= 4 is 35.2 Å². The second-order valence-corrected chi connectivity index (χ2v) is 6.49. The van der Waals surface area contributed by atoms with Gasteiger partial charge in [-0.2, -0.15) is 0 Å². The molecule has 0 fully saturated rings. The maximum atomic E-state index is 12.4. The van der Waals surface area contributed by atoms with E-state index in [1.807, 2.05) is 0 Å². The van der Waals surface area contributed by atoms with Crippen molar-refractivity contribution in [2.75, 3.05) is 11.9 Å². The van der Waals surface area contributed by atoms with Crippen LogP contribution in [0.5, 0.6) is 0 Å². The van der Waals surface area contributed by atoms with E-state index < -0.39 is 36.2 Å². The smallest absolute Gasteiger partial charge is 0.329 e. The van der Waals surface area contributed by atoms with Crippen LogP contribution >= 0.6 is 0 Å². The number of fused-ring (bicyclic) bond motifs is 1. The largest absolute Gasteiger partial charge is 0.456 e. The number of hydrogen-bond donors (Lipinski definition) is 1. The number of benzene rings is 2. The molecular formula is C21H18N2O6. The van der Waals surface area contributed by atoms with Crippen LogP contribution in [0.2, 0.25) is 0 Å². The van der Waals surface area contributed by atoms with Crippen LogP contribution < -0.4 is 5.32 Å². The standard InChI is InChI=1S/C21H18N2O6/c1-12(23-19(26)16-5-3-4-6-17(16)20(23)27)21(28)29-11-18(25)14-7-9-15(10-8-14)22-13(2)24/h3-10,12H,11H2,1-2H3,(H,22,24). The quantitative estimate of drug-likeness (QED) is 0.456. The minimum atomic E-state index is -1.17. The third-order valence-corrected chi connectivity index (χ3v) is 4.43. The number of ether oxygens (including phenoxy) is 1. The summed E-state index contributed by atoms with van der Waals surface area (Å²) in [5.74, 6) is -2.70. The van der Waals surface area contributed by atoms with E-state index in [0.717, 1.165) is 4.90 Å². The Hall–Kier alpha value is -3.81. The number of nitrogens with one attached hydrogen (secondary N) is 1. The first kappa shape index (κ1) is 19.9. The first-order valence-electron chi connectivity index (χ1n) is 8.84. The predicted octanol–water partition coefficient (Wildman–Crippen LogP) is 2.06. The van der Waals surface area contributed by atoms with Crippen LogP contribution in [0.3, 0.4) is 0 Å². The van der Waals surface area contributed by atoms with E-state index in [1.54, 1.807) is 24.3 Å². The van der Waals surface area contributed by atoms with E-state index in [9.17, 15) is 24.0 Å². The van der Waals surface area contributed by atoms with E-state index in [-0.39, 0.29) is 17.0 Å². The van der Waals surface area contributed by atoms with Gasteiger partial charge in [0, 0.05) is 18.2 Å². The lowest BCUT2D eigenvalue weighted by Gasteiger charge is -2.20. The number of Topliss-reactive ketones (excluding diaryl/α,β-unsaturated/α-hetero) is 1. The SMILES string of the molecule is CC(=O)Nc1ccc(C(=O)COC(=O)C(C)N2C(=O)c3ccccc3C2=O)cc1. The average Bonchev–Trinajstić information content (AvgIpc) is 2.96. The number of amides is 3. The summed E-state index contributed by atoms with van der Waals surface area (Å²) < 4.78 is 5.02. The molecule has 0 aromatic heterocycles. The lowest BCUT2D eigenvalue weighted by Crippen LogP contribution is -2.44. The molecule has 8 nitrogen and oxygen atoms in total. The number of anilines is 1. The molecule has 0 radical (unpaired) electrons. The molecule has 29 heavy (non-hydrogen) atoms. The summed E-state index contributed by atoms with van der Waals surface area (Å²) in [6.45, 7) is 2.20. The van der Waals surface area contributed by atoms with Crippen molar-refractivity contribution < 1.29 is 28.7 Å². The predicted molar refractivity (Wildman–Crippen MR) is 102 cm³/mol. The van der Waals surface area contributed by atoms with E-state index in [0.29, 0.717) is 11.3 Å². The highest BCUT2D eigenvalue weighted by atomic mass is 16.5. The Morgan fingerprint density at radius 3 is 2.03 bits per heavy atom. The minimum Gasteiger partial charge on any atom is -0.456 e. The van der Waals surface area contributed by atoms with Crippen molar-refractivity contribution in [2.45, 2.75) is 19.9 Å². The fourth-order valence-electron chi connectivity index (χ4n) is 2.95. The topological polar surface area (TPSA) is 110 Å². The molecule has 3 rings (SSSR count). The summed E-state index contributed by atoms with van der Waals surface area (Å²) in [6.07, 6.45) is 0. The second kappa shape index (κ2) is 8.05. The zero-order valence-electron chi connectivity index (χ0n) is 15.8. The van der Waals surface area contributed by atoms with E-state index in [4.69, 9.17) is 4.74 Å². The number of carbonyl (C=O) groups excluding carboxylic acids is 5. The third-order valence-electron chi connectivity index (χ3n) is 4.43. The Bertz CT molecular complexity index is 977. The maximum absolute atomic E-state index is 12.4. The number of hydrogen-bond acceptors (Lipinski definition) is 6. The molecule has 1 unspecified atom stereocenters. The van der Waals surface area contributed by atoms with Gasteiger partial charge in [0.15, 0.2) is 12.4 Å². The van der Waals surface area contributed by atoms with Crippen molar-refractivity contribution in [2.24, 2.45) is 0 Å². The van der Waals surface area contributed by atoms with Crippen LogP contribution in [0.1, 0.15) is 44.9 Å². The van der Waals surface area contributed by atoms with Crippen molar-refractivity contribution in [3.63, 3.8) is 0 Å². The van der Waals surface area contributed by atoms with Gasteiger partial charge in [-0.05, 0) is 43.3 Å². The molecule has 3 amide bonds. The third kappa shape index (κ3) is 4.06. The fraction of sp³-hybridized carbons (Fsp3) is 0.190. The number of esters is 1. The Labute approximate surface area is 166 Å². The van der Waals surface area contributed by atoms with Crippen LogP contribution in [0.15, 0.2) is 48.5 Å². The lowest BCUT2D eigenvalue weighted by molar-refractivity contribution is -0.146. The molecule has 1 aliphatic heterocycles. The molecular weight excluding hydrogens is 376 g/mol. The summed E-state index contributed by atoms with van der Waals surface area (Å²) in [6, 6.07) is 11.2. The highest BCUT2D eigenvalue weighted by Crippen LogP contribution is 2.24. The molecule has 2 aromatic rings. The Morgan fingerprint density at radius 1 is 0.966 bits per heavy atom.